The predicted molar refractivity (Wildman–Crippen MR) is 141 cm³/mol. The molecule has 1 saturated heterocycles. The summed E-state index contributed by atoms with van der Waals surface area (Å²) in [6.07, 6.45) is 0.259. The maximum Gasteiger partial charge on any atom is 0.238 e. The first-order chi connectivity index (χ1) is 17.2. The third-order valence-electron chi connectivity index (χ3n) is 5.99. The van der Waals surface area contributed by atoms with Crippen molar-refractivity contribution in [3.8, 4) is 5.75 Å². The Labute approximate surface area is 214 Å². The van der Waals surface area contributed by atoms with Gasteiger partial charge in [-0.15, -0.1) is 0 Å². The molecule has 2 aliphatic heterocycles. The second kappa shape index (κ2) is 11.0. The van der Waals surface area contributed by atoms with Crippen LogP contribution in [-0.4, -0.2) is 56.9 Å². The van der Waals surface area contributed by atoms with Crippen LogP contribution in [0.1, 0.15) is 12.5 Å². The van der Waals surface area contributed by atoms with Gasteiger partial charge in [0.1, 0.15) is 17.8 Å². The Morgan fingerprint density at radius 3 is 2.53 bits per heavy atom. The lowest BCUT2D eigenvalue weighted by Crippen LogP contribution is -2.50. The fourth-order valence-corrected chi connectivity index (χ4v) is 5.45. The first-order valence-electron chi connectivity index (χ1n) is 11.3. The molecule has 2 aromatic carbocycles. The number of carbonyl (C=O) groups excluding carboxylic acids is 1. The van der Waals surface area contributed by atoms with Crippen LogP contribution < -0.4 is 30.9 Å². The molecule has 0 radical (unpaired) electrons. The van der Waals surface area contributed by atoms with Crippen molar-refractivity contribution in [1.29, 1.82) is 5.41 Å². The van der Waals surface area contributed by atoms with Gasteiger partial charge in [-0.1, -0.05) is 23.9 Å². The van der Waals surface area contributed by atoms with Crippen molar-refractivity contribution in [2.24, 2.45) is 16.0 Å². The zero-order valence-corrected chi connectivity index (χ0v) is 21.5. The normalized spacial score (nSPS) is 21.6. The topological polar surface area (TPSA) is 162 Å². The van der Waals surface area contributed by atoms with Crippen LogP contribution in [0.5, 0.6) is 5.75 Å². The lowest BCUT2D eigenvalue weighted by molar-refractivity contribution is -0.118. The van der Waals surface area contributed by atoms with Gasteiger partial charge in [-0.25, -0.2) is 24.0 Å². The van der Waals surface area contributed by atoms with Crippen LogP contribution in [0.25, 0.3) is 0 Å². The standard InChI is InChI=1S/C23H29N7O4S2/c1-14-20-21(24)30(16-5-7-17(34-2)8-6-16)23(27-22(20)29-28-14)35-13-19(31)26-12-11-15-3-9-18(10-4-15)36(25,32)33/h3-10,14,20,22,24,28-29H,11-13H2,1-2H3,(H,26,31)(H2,25,32,33). The van der Waals surface area contributed by atoms with Gasteiger partial charge in [-0.3, -0.25) is 20.5 Å². The highest BCUT2D eigenvalue weighted by Gasteiger charge is 2.43. The Bertz CT molecular complexity index is 1250. The van der Waals surface area contributed by atoms with E-state index in [1.165, 1.54) is 23.9 Å². The van der Waals surface area contributed by atoms with Crippen molar-refractivity contribution in [3.63, 3.8) is 0 Å². The first-order valence-corrected chi connectivity index (χ1v) is 13.8. The minimum absolute atomic E-state index is 0.0286. The van der Waals surface area contributed by atoms with Crippen LogP contribution in [-0.2, 0) is 21.2 Å². The van der Waals surface area contributed by atoms with E-state index in [4.69, 9.17) is 20.3 Å². The van der Waals surface area contributed by atoms with Gasteiger partial charge in [-0.2, -0.15) is 0 Å². The molecule has 2 aromatic rings. The average molecular weight is 532 g/mol. The maximum absolute atomic E-state index is 12.6. The number of hydrogen-bond donors (Lipinski definition) is 5. The minimum Gasteiger partial charge on any atom is -0.497 e. The molecule has 6 N–H and O–H groups in total. The number of sulfonamides is 1. The molecule has 3 unspecified atom stereocenters. The summed E-state index contributed by atoms with van der Waals surface area (Å²) in [5.41, 5.74) is 7.93. The Morgan fingerprint density at radius 1 is 1.19 bits per heavy atom. The van der Waals surface area contributed by atoms with Gasteiger partial charge < -0.3 is 10.1 Å². The van der Waals surface area contributed by atoms with Crippen LogP contribution in [0.2, 0.25) is 0 Å². The Morgan fingerprint density at radius 2 is 1.89 bits per heavy atom. The number of hydrazine groups is 1. The zero-order chi connectivity index (χ0) is 25.9. The molecule has 0 bridgehead atoms. The van der Waals surface area contributed by atoms with Gasteiger partial charge in [0.2, 0.25) is 15.9 Å². The molecule has 2 heterocycles. The molecule has 1 fully saturated rings. The third kappa shape index (κ3) is 5.87. The molecular weight excluding hydrogens is 502 g/mol. The highest BCUT2D eigenvalue weighted by atomic mass is 32.2. The van der Waals surface area contributed by atoms with Crippen LogP contribution in [0.4, 0.5) is 5.69 Å². The molecule has 192 valence electrons. The molecular formula is C23H29N7O4S2. The minimum atomic E-state index is -3.73. The first kappa shape index (κ1) is 26.1. The number of hydrogen-bond acceptors (Lipinski definition) is 9. The second-order valence-corrected chi connectivity index (χ2v) is 11.0. The number of carbonyl (C=O) groups is 1. The number of anilines is 1. The number of fused-ring (bicyclic) bond motifs is 1. The van der Waals surface area contributed by atoms with Gasteiger partial charge in [0, 0.05) is 18.3 Å². The highest BCUT2D eigenvalue weighted by Crippen LogP contribution is 2.32. The number of methoxy groups -OCH3 is 1. The number of nitrogens with one attached hydrogen (secondary N) is 4. The summed E-state index contributed by atoms with van der Waals surface area (Å²) in [6, 6.07) is 13.7. The molecule has 1 amide bonds. The molecule has 36 heavy (non-hydrogen) atoms. The van der Waals surface area contributed by atoms with E-state index >= 15 is 0 Å². The number of nitrogens with two attached hydrogens (primary N) is 1. The second-order valence-electron chi connectivity index (χ2n) is 8.46. The molecule has 2 aliphatic rings. The number of aliphatic imine (C=N–C) groups is 1. The van der Waals surface area contributed by atoms with Crippen LogP contribution >= 0.6 is 11.8 Å². The molecule has 0 aliphatic carbocycles. The summed E-state index contributed by atoms with van der Waals surface area (Å²) >= 11 is 1.27. The SMILES string of the molecule is COc1ccc(N2C(=N)C3C(C)NNC3N=C2SCC(=O)NCCc2ccc(S(N)(=O)=O)cc2)cc1. The number of thioether (sulfide) groups is 1. The number of primary sulfonamides is 1. The molecule has 0 saturated carbocycles. The summed E-state index contributed by atoms with van der Waals surface area (Å²) in [5.74, 6) is 0.922. The van der Waals surface area contributed by atoms with Crippen LogP contribution in [0.15, 0.2) is 58.4 Å². The summed E-state index contributed by atoms with van der Waals surface area (Å²) < 4.78 is 28.0. The predicted octanol–water partition coefficient (Wildman–Crippen LogP) is 1.03. The number of rotatable bonds is 8. The van der Waals surface area contributed by atoms with Crippen molar-refractivity contribution in [2.75, 3.05) is 24.3 Å². The molecule has 0 aromatic heterocycles. The zero-order valence-electron chi connectivity index (χ0n) is 19.9. The van der Waals surface area contributed by atoms with Crippen molar-refractivity contribution >= 4 is 44.4 Å². The Kier molecular flexibility index (Phi) is 7.95. The molecule has 0 spiro atoms. The third-order valence-corrected chi connectivity index (χ3v) is 7.87. The van der Waals surface area contributed by atoms with Crippen LogP contribution in [0.3, 0.4) is 0 Å². The average Bonchev–Trinajstić information content (AvgIpc) is 3.23. The Balaban J connectivity index is 1.38. The van der Waals surface area contributed by atoms with E-state index in [0.717, 1.165) is 11.3 Å². The van der Waals surface area contributed by atoms with E-state index in [9.17, 15) is 13.2 Å². The van der Waals surface area contributed by atoms with E-state index in [1.54, 1.807) is 24.1 Å². The molecule has 13 heteroatoms. The van der Waals surface area contributed by atoms with E-state index < -0.39 is 10.0 Å². The molecule has 11 nitrogen and oxygen atoms in total. The summed E-state index contributed by atoms with van der Waals surface area (Å²) in [7, 11) is -2.13. The van der Waals surface area contributed by atoms with Gasteiger partial charge >= 0.3 is 0 Å². The van der Waals surface area contributed by atoms with Crippen molar-refractivity contribution < 1.29 is 17.9 Å². The van der Waals surface area contributed by atoms with E-state index in [2.05, 4.69) is 16.2 Å². The number of nitrogens with zero attached hydrogens (tertiary/aromatic N) is 2. The van der Waals surface area contributed by atoms with Gasteiger partial charge in [0.15, 0.2) is 5.17 Å². The highest BCUT2D eigenvalue weighted by molar-refractivity contribution is 8.14. The van der Waals surface area contributed by atoms with Crippen molar-refractivity contribution in [2.45, 2.75) is 30.4 Å². The smallest absolute Gasteiger partial charge is 0.238 e. The van der Waals surface area contributed by atoms with Gasteiger partial charge in [0.25, 0.3) is 0 Å². The lowest BCUT2D eigenvalue weighted by atomic mass is 9.97. The summed E-state index contributed by atoms with van der Waals surface area (Å²) in [4.78, 5) is 19.2. The molecule has 4 rings (SSSR count). The number of amidine groups is 2. The van der Waals surface area contributed by atoms with Crippen LogP contribution in [0, 0.1) is 11.3 Å². The van der Waals surface area contributed by atoms with E-state index in [0.29, 0.717) is 29.7 Å². The number of amides is 1. The van der Waals surface area contributed by atoms with Crippen molar-refractivity contribution in [1.82, 2.24) is 16.2 Å². The van der Waals surface area contributed by atoms with E-state index in [-0.39, 0.29) is 34.7 Å². The van der Waals surface area contributed by atoms with E-state index in [1.807, 2.05) is 31.2 Å². The van der Waals surface area contributed by atoms with Crippen molar-refractivity contribution in [3.05, 3.63) is 54.1 Å². The lowest BCUT2D eigenvalue weighted by Gasteiger charge is -2.35. The van der Waals surface area contributed by atoms with Gasteiger partial charge in [0.05, 0.1) is 23.7 Å². The number of benzene rings is 2. The van der Waals surface area contributed by atoms with Gasteiger partial charge in [-0.05, 0) is 55.3 Å². The quantitative estimate of drug-likeness (QED) is 0.337. The summed E-state index contributed by atoms with van der Waals surface area (Å²) in [5, 5.41) is 17.4. The summed E-state index contributed by atoms with van der Waals surface area (Å²) in [6.45, 7) is 2.40. The number of ether oxygens (including phenoxy) is 1. The molecule has 3 atom stereocenters. The fraction of sp³-hybridized carbons (Fsp3) is 0.348. The maximum atomic E-state index is 12.6. The largest absolute Gasteiger partial charge is 0.497 e. The monoisotopic (exact) mass is 531 g/mol. The Hall–Kier alpha value is -2.97. The fourth-order valence-electron chi connectivity index (χ4n) is 4.05.